The second-order valence-electron chi connectivity index (χ2n) is 3.35. The Hall–Kier alpha value is -1.26. The van der Waals surface area contributed by atoms with Gasteiger partial charge in [-0.25, -0.2) is 4.79 Å². The third-order valence-electron chi connectivity index (χ3n) is 2.12. The molecule has 0 aliphatic heterocycles. The van der Waals surface area contributed by atoms with Crippen molar-refractivity contribution in [1.82, 2.24) is 0 Å². The largest absolute Gasteiger partial charge is 0.479 e. The Bertz CT molecular complexity index is 381. The predicted molar refractivity (Wildman–Crippen MR) is 61.9 cm³/mol. The van der Waals surface area contributed by atoms with E-state index in [1.165, 1.54) is 6.92 Å². The number of hydrogen-bond acceptors (Lipinski definition) is 3. The molecule has 0 heterocycles. The number of carbonyl (C=O) groups is 1. The summed E-state index contributed by atoms with van der Waals surface area (Å²) in [6.45, 7) is 1.90. The molecule has 0 saturated heterocycles. The molecule has 1 unspecified atom stereocenters. The first kappa shape index (κ1) is 12.8. The van der Waals surface area contributed by atoms with Crippen molar-refractivity contribution in [2.75, 3.05) is 6.54 Å². The lowest BCUT2D eigenvalue weighted by molar-refractivity contribution is -0.144. The van der Waals surface area contributed by atoms with Crippen LogP contribution in [0.3, 0.4) is 0 Å². The van der Waals surface area contributed by atoms with Crippen LogP contribution in [0.2, 0.25) is 5.02 Å². The highest BCUT2D eigenvalue weighted by molar-refractivity contribution is 6.31. The Labute approximate surface area is 99.0 Å². The summed E-state index contributed by atoms with van der Waals surface area (Å²) >= 11 is 5.99. The fourth-order valence-corrected chi connectivity index (χ4v) is 1.54. The molecule has 4 nitrogen and oxygen atoms in total. The molecule has 16 heavy (non-hydrogen) atoms. The molecule has 88 valence electrons. The van der Waals surface area contributed by atoms with Crippen LogP contribution < -0.4 is 10.5 Å². The van der Waals surface area contributed by atoms with E-state index in [1.807, 2.05) is 0 Å². The van der Waals surface area contributed by atoms with Gasteiger partial charge in [0.05, 0.1) is 0 Å². The van der Waals surface area contributed by atoms with Crippen molar-refractivity contribution < 1.29 is 14.6 Å². The molecule has 0 aliphatic rings. The number of ether oxygens (including phenoxy) is 1. The fourth-order valence-electron chi connectivity index (χ4n) is 1.28. The van der Waals surface area contributed by atoms with E-state index in [0.717, 1.165) is 5.56 Å². The number of carboxylic acids is 1. The molecule has 1 aromatic rings. The van der Waals surface area contributed by atoms with E-state index in [4.69, 9.17) is 27.2 Å². The second kappa shape index (κ2) is 5.72. The summed E-state index contributed by atoms with van der Waals surface area (Å²) in [6, 6.07) is 5.13. The van der Waals surface area contributed by atoms with Gasteiger partial charge in [-0.1, -0.05) is 17.7 Å². The maximum Gasteiger partial charge on any atom is 0.344 e. The molecule has 0 amide bonds. The van der Waals surface area contributed by atoms with Crippen molar-refractivity contribution in [3.8, 4) is 5.75 Å². The van der Waals surface area contributed by atoms with Crippen molar-refractivity contribution in [2.24, 2.45) is 5.73 Å². The smallest absolute Gasteiger partial charge is 0.344 e. The van der Waals surface area contributed by atoms with Gasteiger partial charge in [-0.05, 0) is 32.0 Å². The number of carboxylic acid groups (broad SMARTS) is 1. The Morgan fingerprint density at radius 3 is 2.88 bits per heavy atom. The van der Waals surface area contributed by atoms with Gasteiger partial charge in [-0.3, -0.25) is 0 Å². The molecule has 0 fully saturated rings. The zero-order chi connectivity index (χ0) is 12.1. The first-order valence-electron chi connectivity index (χ1n) is 4.93. The highest BCUT2D eigenvalue weighted by Gasteiger charge is 2.15. The highest BCUT2D eigenvalue weighted by atomic mass is 35.5. The minimum absolute atomic E-state index is 0.432. The zero-order valence-electron chi connectivity index (χ0n) is 8.94. The van der Waals surface area contributed by atoms with Gasteiger partial charge in [-0.2, -0.15) is 0 Å². The number of aliphatic carboxylic acids is 1. The van der Waals surface area contributed by atoms with Crippen molar-refractivity contribution in [2.45, 2.75) is 19.4 Å². The maximum atomic E-state index is 10.7. The Morgan fingerprint density at radius 2 is 2.31 bits per heavy atom. The minimum Gasteiger partial charge on any atom is -0.479 e. The lowest BCUT2D eigenvalue weighted by atomic mass is 10.1. The molecule has 1 atom stereocenters. The molecule has 0 aliphatic carbocycles. The summed E-state index contributed by atoms with van der Waals surface area (Å²) < 4.78 is 5.30. The summed E-state index contributed by atoms with van der Waals surface area (Å²) in [6.07, 6.45) is -0.351. The van der Waals surface area contributed by atoms with E-state index in [9.17, 15) is 4.79 Å². The van der Waals surface area contributed by atoms with Gasteiger partial charge in [0, 0.05) is 10.6 Å². The van der Waals surface area contributed by atoms with E-state index in [-0.39, 0.29) is 0 Å². The van der Waals surface area contributed by atoms with Gasteiger partial charge in [-0.15, -0.1) is 0 Å². The predicted octanol–water partition coefficient (Wildman–Crippen LogP) is 1.69. The van der Waals surface area contributed by atoms with Crippen LogP contribution in [0, 0.1) is 0 Å². The number of rotatable bonds is 5. The van der Waals surface area contributed by atoms with Crippen LogP contribution >= 0.6 is 11.6 Å². The zero-order valence-corrected chi connectivity index (χ0v) is 9.70. The molecule has 0 radical (unpaired) electrons. The summed E-state index contributed by atoms with van der Waals surface area (Å²) in [5.74, 6) is -0.536. The molecule has 0 aromatic heterocycles. The average molecular weight is 244 g/mol. The molecular weight excluding hydrogens is 230 g/mol. The van der Waals surface area contributed by atoms with Crippen LogP contribution in [-0.4, -0.2) is 23.7 Å². The third-order valence-corrected chi connectivity index (χ3v) is 2.48. The van der Waals surface area contributed by atoms with Gasteiger partial charge in [0.15, 0.2) is 6.10 Å². The van der Waals surface area contributed by atoms with Crippen molar-refractivity contribution in [1.29, 1.82) is 0 Å². The van der Waals surface area contributed by atoms with Crippen molar-refractivity contribution in [3.05, 3.63) is 28.8 Å². The summed E-state index contributed by atoms with van der Waals surface area (Å²) in [4.78, 5) is 10.7. The monoisotopic (exact) mass is 243 g/mol. The molecule has 0 bridgehead atoms. The minimum atomic E-state index is -1.02. The van der Waals surface area contributed by atoms with Gasteiger partial charge in [0.25, 0.3) is 0 Å². The number of halogens is 1. The first-order valence-corrected chi connectivity index (χ1v) is 5.31. The Morgan fingerprint density at radius 1 is 1.62 bits per heavy atom. The van der Waals surface area contributed by atoms with Crippen LogP contribution in [0.5, 0.6) is 5.75 Å². The second-order valence-corrected chi connectivity index (χ2v) is 3.76. The normalized spacial score (nSPS) is 12.2. The first-order chi connectivity index (χ1) is 7.56. The van der Waals surface area contributed by atoms with Gasteiger partial charge < -0.3 is 15.6 Å². The summed E-state index contributed by atoms with van der Waals surface area (Å²) in [5, 5.41) is 9.29. The van der Waals surface area contributed by atoms with Crippen LogP contribution in [0.4, 0.5) is 0 Å². The molecule has 1 aromatic carbocycles. The Kier molecular flexibility index (Phi) is 4.58. The molecule has 0 spiro atoms. The van der Waals surface area contributed by atoms with E-state index in [0.29, 0.717) is 23.7 Å². The highest BCUT2D eigenvalue weighted by Crippen LogP contribution is 2.27. The number of nitrogens with two attached hydrogens (primary N) is 1. The van der Waals surface area contributed by atoms with Gasteiger partial charge >= 0.3 is 5.97 Å². The standard InChI is InChI=1S/C11H14ClNO3/c1-7(11(14)15)16-10-4-2-3-9(12)8(10)5-6-13/h2-4,7H,5-6,13H2,1H3,(H,14,15). The van der Waals surface area contributed by atoms with Gasteiger partial charge in [0.2, 0.25) is 0 Å². The van der Waals surface area contributed by atoms with E-state index in [2.05, 4.69) is 0 Å². The third kappa shape index (κ3) is 3.12. The molecule has 3 N–H and O–H groups in total. The van der Waals surface area contributed by atoms with Crippen molar-refractivity contribution in [3.63, 3.8) is 0 Å². The quantitative estimate of drug-likeness (QED) is 0.826. The average Bonchev–Trinajstić information content (AvgIpc) is 2.23. The van der Waals surface area contributed by atoms with E-state index in [1.54, 1.807) is 18.2 Å². The molecule has 0 saturated carbocycles. The topological polar surface area (TPSA) is 72.5 Å². The Balaban J connectivity index is 2.94. The van der Waals surface area contributed by atoms with Crippen LogP contribution in [0.15, 0.2) is 18.2 Å². The summed E-state index contributed by atoms with van der Waals surface area (Å²) in [7, 11) is 0. The lowest BCUT2D eigenvalue weighted by Crippen LogP contribution is -2.23. The molecule has 1 rings (SSSR count). The molecule has 5 heteroatoms. The van der Waals surface area contributed by atoms with Gasteiger partial charge in [0.1, 0.15) is 5.75 Å². The number of benzene rings is 1. The van der Waals surface area contributed by atoms with E-state index < -0.39 is 12.1 Å². The lowest BCUT2D eigenvalue weighted by Gasteiger charge is -2.15. The molecular formula is C11H14ClNO3. The number of hydrogen-bond donors (Lipinski definition) is 2. The maximum absolute atomic E-state index is 10.7. The SMILES string of the molecule is CC(Oc1cccc(Cl)c1CCN)C(=O)O. The fraction of sp³-hybridized carbons (Fsp3) is 0.364. The van der Waals surface area contributed by atoms with E-state index >= 15 is 0 Å². The van der Waals surface area contributed by atoms with Crippen LogP contribution in [0.1, 0.15) is 12.5 Å². The van der Waals surface area contributed by atoms with Crippen LogP contribution in [0.25, 0.3) is 0 Å². The summed E-state index contributed by atoms with van der Waals surface area (Å²) in [5.41, 5.74) is 6.21. The van der Waals surface area contributed by atoms with Crippen LogP contribution in [-0.2, 0) is 11.2 Å². The van der Waals surface area contributed by atoms with Crippen molar-refractivity contribution >= 4 is 17.6 Å².